The molecule has 0 aliphatic heterocycles. The van der Waals surface area contributed by atoms with Crippen LogP contribution in [0.5, 0.6) is 0 Å². The normalized spacial score (nSPS) is 10.8. The lowest BCUT2D eigenvalue weighted by molar-refractivity contribution is 0.549. The first kappa shape index (κ1) is 16.0. The van der Waals surface area contributed by atoms with Crippen LogP contribution in [-0.4, -0.2) is 16.5 Å². The van der Waals surface area contributed by atoms with Crippen LogP contribution >= 0.6 is 47.8 Å². The zero-order chi connectivity index (χ0) is 14.7. The van der Waals surface area contributed by atoms with Crippen LogP contribution in [0.25, 0.3) is 11.6 Å². The molecule has 7 heteroatoms. The number of rotatable bonds is 5. The second kappa shape index (κ2) is 7.04. The van der Waals surface area contributed by atoms with E-state index in [4.69, 9.17) is 4.42 Å². The molecule has 0 fully saturated rings. The number of aromatic nitrogens is 2. The molecular weight excluding hydrogens is 454 g/mol. The second-order valence-electron chi connectivity index (χ2n) is 4.17. The summed E-state index contributed by atoms with van der Waals surface area (Å²) in [6, 6.07) is 1.86. The van der Waals surface area contributed by atoms with Gasteiger partial charge in [0.25, 0.3) is 0 Å². The lowest BCUT2D eigenvalue weighted by Crippen LogP contribution is -2.07. The zero-order valence-corrected chi connectivity index (χ0v) is 15.9. The molecule has 2 aromatic heterocycles. The number of furan rings is 1. The van der Waals surface area contributed by atoms with E-state index in [9.17, 15) is 0 Å². The summed E-state index contributed by atoms with van der Waals surface area (Å²) in [5.41, 5.74) is 0.956. The molecule has 1 N–H and O–H groups in total. The molecule has 0 aliphatic rings. The average Bonchev–Trinajstić information content (AvgIpc) is 2.77. The Balaban J connectivity index is 2.47. The molecule has 0 bridgehead atoms. The van der Waals surface area contributed by atoms with Gasteiger partial charge in [0.15, 0.2) is 16.3 Å². The van der Waals surface area contributed by atoms with E-state index >= 15 is 0 Å². The maximum Gasteiger partial charge on any atom is 0.198 e. The smallest absolute Gasteiger partial charge is 0.198 e. The van der Waals surface area contributed by atoms with E-state index in [1.165, 1.54) is 0 Å². The summed E-state index contributed by atoms with van der Waals surface area (Å²) in [6.45, 7) is 5.04. The van der Waals surface area contributed by atoms with Crippen molar-refractivity contribution in [3.05, 3.63) is 25.4 Å². The van der Waals surface area contributed by atoms with Crippen LogP contribution in [0.4, 0.5) is 5.82 Å². The lowest BCUT2D eigenvalue weighted by atomic mass is 10.3. The van der Waals surface area contributed by atoms with Crippen LogP contribution in [0.2, 0.25) is 0 Å². The second-order valence-corrected chi connectivity index (χ2v) is 6.54. The van der Waals surface area contributed by atoms with Gasteiger partial charge in [-0.3, -0.25) is 0 Å². The van der Waals surface area contributed by atoms with Crippen LogP contribution in [0, 0.1) is 0 Å². The van der Waals surface area contributed by atoms with E-state index in [1.807, 2.05) is 6.07 Å². The van der Waals surface area contributed by atoms with Crippen LogP contribution < -0.4 is 5.32 Å². The Morgan fingerprint density at radius 3 is 2.50 bits per heavy atom. The highest BCUT2D eigenvalue weighted by atomic mass is 79.9. The first-order valence-corrected chi connectivity index (χ1v) is 8.70. The van der Waals surface area contributed by atoms with Crippen LogP contribution in [0.1, 0.15) is 26.0 Å². The van der Waals surface area contributed by atoms with Crippen molar-refractivity contribution in [2.24, 2.45) is 0 Å². The maximum absolute atomic E-state index is 5.60. The van der Waals surface area contributed by atoms with Crippen molar-refractivity contribution in [3.63, 3.8) is 0 Å². The van der Waals surface area contributed by atoms with E-state index in [0.29, 0.717) is 16.3 Å². The highest BCUT2D eigenvalue weighted by molar-refractivity contribution is 9.13. The van der Waals surface area contributed by atoms with Gasteiger partial charge in [0.05, 0.1) is 14.6 Å². The first-order valence-electron chi connectivity index (χ1n) is 6.32. The van der Waals surface area contributed by atoms with Crippen molar-refractivity contribution < 1.29 is 4.42 Å². The van der Waals surface area contributed by atoms with Crippen molar-refractivity contribution in [3.8, 4) is 11.6 Å². The molecule has 0 saturated carbocycles. The molecule has 0 atom stereocenters. The summed E-state index contributed by atoms with van der Waals surface area (Å²) in [7, 11) is 0. The predicted molar refractivity (Wildman–Crippen MR) is 91.0 cm³/mol. The summed E-state index contributed by atoms with van der Waals surface area (Å²) >= 11 is 10.3. The Morgan fingerprint density at radius 1 is 1.20 bits per heavy atom. The minimum atomic E-state index is 0.579. The fourth-order valence-electron chi connectivity index (χ4n) is 1.66. The number of anilines is 1. The monoisotopic (exact) mass is 465 g/mol. The topological polar surface area (TPSA) is 51.0 Å². The van der Waals surface area contributed by atoms with Gasteiger partial charge in [-0.15, -0.1) is 0 Å². The van der Waals surface area contributed by atoms with Gasteiger partial charge in [0, 0.05) is 12.6 Å². The van der Waals surface area contributed by atoms with Crippen molar-refractivity contribution >= 4 is 53.6 Å². The molecule has 108 valence electrons. The van der Waals surface area contributed by atoms with E-state index in [0.717, 1.165) is 39.8 Å². The van der Waals surface area contributed by atoms with E-state index in [2.05, 4.69) is 76.9 Å². The van der Waals surface area contributed by atoms with Gasteiger partial charge in [-0.05, 0) is 60.6 Å². The largest absolute Gasteiger partial charge is 0.445 e. The number of hydrogen-bond acceptors (Lipinski definition) is 4. The van der Waals surface area contributed by atoms with Gasteiger partial charge in [0.1, 0.15) is 5.82 Å². The molecule has 2 aromatic rings. The van der Waals surface area contributed by atoms with Crippen molar-refractivity contribution in [2.45, 2.75) is 26.7 Å². The number of aryl methyl sites for hydroxylation is 1. The fraction of sp³-hybridized carbons (Fsp3) is 0.385. The SMILES string of the molecule is CCCNc1nc(-c2cc(Br)c(Br)o2)nc(CC)c1Br. The molecule has 20 heavy (non-hydrogen) atoms. The molecule has 0 radical (unpaired) electrons. The summed E-state index contributed by atoms with van der Waals surface area (Å²) < 4.78 is 8.01. The lowest BCUT2D eigenvalue weighted by Gasteiger charge is -2.10. The van der Waals surface area contributed by atoms with Gasteiger partial charge in [-0.2, -0.15) is 0 Å². The molecule has 4 nitrogen and oxygen atoms in total. The predicted octanol–water partition coefficient (Wildman–Crippen LogP) is 5.41. The highest BCUT2D eigenvalue weighted by Crippen LogP contribution is 2.33. The Morgan fingerprint density at radius 2 is 1.95 bits per heavy atom. The van der Waals surface area contributed by atoms with Crippen LogP contribution in [-0.2, 0) is 6.42 Å². The van der Waals surface area contributed by atoms with Gasteiger partial charge in [-0.25, -0.2) is 9.97 Å². The van der Waals surface area contributed by atoms with Crippen LogP contribution in [0.3, 0.4) is 0 Å². The third-order valence-corrected chi connectivity index (χ3v) is 5.21. The quantitative estimate of drug-likeness (QED) is 0.639. The third kappa shape index (κ3) is 3.43. The molecule has 2 rings (SSSR count). The standard InChI is InChI=1S/C13H14Br3N3O/c1-3-5-17-13-10(15)8(4-2)18-12(19-13)9-6-7(14)11(16)20-9/h6H,3-5H2,1-2H3,(H,17,18,19). The molecule has 2 heterocycles. The average molecular weight is 468 g/mol. The molecule has 0 aromatic carbocycles. The fourth-order valence-corrected chi connectivity index (χ4v) is 2.83. The van der Waals surface area contributed by atoms with E-state index < -0.39 is 0 Å². The van der Waals surface area contributed by atoms with Crippen molar-refractivity contribution in [1.29, 1.82) is 0 Å². The molecular formula is C13H14Br3N3O. The summed E-state index contributed by atoms with van der Waals surface area (Å²) in [4.78, 5) is 9.09. The zero-order valence-electron chi connectivity index (χ0n) is 11.1. The highest BCUT2D eigenvalue weighted by Gasteiger charge is 2.16. The van der Waals surface area contributed by atoms with Gasteiger partial charge in [-0.1, -0.05) is 13.8 Å². The van der Waals surface area contributed by atoms with Crippen LogP contribution in [0.15, 0.2) is 24.1 Å². The van der Waals surface area contributed by atoms with Crippen molar-refractivity contribution in [1.82, 2.24) is 9.97 Å². The molecule has 0 spiro atoms. The molecule has 0 amide bonds. The minimum Gasteiger partial charge on any atom is -0.445 e. The molecule has 0 unspecified atom stereocenters. The Labute approximate surface area is 143 Å². The number of nitrogens with zero attached hydrogens (tertiary/aromatic N) is 2. The molecule has 0 saturated heterocycles. The maximum atomic E-state index is 5.60. The minimum absolute atomic E-state index is 0.579. The van der Waals surface area contributed by atoms with Crippen molar-refractivity contribution in [2.75, 3.05) is 11.9 Å². The first-order chi connectivity index (χ1) is 9.56. The number of nitrogens with one attached hydrogen (secondary N) is 1. The van der Waals surface area contributed by atoms with E-state index in [1.54, 1.807) is 0 Å². The molecule has 0 aliphatic carbocycles. The summed E-state index contributed by atoms with van der Waals surface area (Å²) in [6.07, 6.45) is 1.85. The Bertz CT molecular complexity index is 594. The number of halogens is 3. The van der Waals surface area contributed by atoms with Gasteiger partial charge < -0.3 is 9.73 Å². The van der Waals surface area contributed by atoms with Gasteiger partial charge in [0.2, 0.25) is 0 Å². The Hall–Kier alpha value is -0.400. The van der Waals surface area contributed by atoms with Gasteiger partial charge >= 0.3 is 0 Å². The summed E-state index contributed by atoms with van der Waals surface area (Å²) in [5, 5.41) is 3.31. The Kier molecular flexibility index (Phi) is 5.63. The summed E-state index contributed by atoms with van der Waals surface area (Å²) in [5.74, 6) is 2.01. The van der Waals surface area contributed by atoms with E-state index in [-0.39, 0.29) is 0 Å². The number of hydrogen-bond donors (Lipinski definition) is 1. The third-order valence-electron chi connectivity index (χ3n) is 2.66.